The van der Waals surface area contributed by atoms with E-state index in [1.165, 1.54) is 11.1 Å². The summed E-state index contributed by atoms with van der Waals surface area (Å²) in [4.78, 5) is 16.3. The van der Waals surface area contributed by atoms with Gasteiger partial charge in [-0.15, -0.1) is 0 Å². The highest BCUT2D eigenvalue weighted by atomic mass is 31.1. The zero-order valence-corrected chi connectivity index (χ0v) is 21.4. The van der Waals surface area contributed by atoms with Gasteiger partial charge in [0.25, 0.3) is 0 Å². The fourth-order valence-electron chi connectivity index (χ4n) is 5.04. The van der Waals surface area contributed by atoms with E-state index in [4.69, 9.17) is 9.47 Å². The van der Waals surface area contributed by atoms with E-state index in [2.05, 4.69) is 79.3 Å². The van der Waals surface area contributed by atoms with Gasteiger partial charge < -0.3 is 19.3 Å². The van der Waals surface area contributed by atoms with Crippen LogP contribution in [0.2, 0.25) is 0 Å². The van der Waals surface area contributed by atoms with Crippen molar-refractivity contribution in [2.45, 2.75) is 20.8 Å². The van der Waals surface area contributed by atoms with Crippen LogP contribution in [0.25, 0.3) is 32.1 Å². The van der Waals surface area contributed by atoms with Crippen LogP contribution >= 0.6 is 7.76 Å². The number of hydrogen-bond donors (Lipinski definition) is 1. The molecule has 0 radical (unpaired) electrons. The van der Waals surface area contributed by atoms with Crippen molar-refractivity contribution in [3.8, 4) is 22.6 Å². The van der Waals surface area contributed by atoms with Crippen LogP contribution in [-0.2, 0) is 0 Å². The summed E-state index contributed by atoms with van der Waals surface area (Å²) in [5.41, 5.74) is 5.58. The minimum atomic E-state index is -1.64. The summed E-state index contributed by atoms with van der Waals surface area (Å²) in [6.45, 7) is 9.04. The Kier molecular flexibility index (Phi) is 6.01. The highest BCUT2D eigenvalue weighted by molar-refractivity contribution is 7.55. The average molecular weight is 476 g/mol. The molecule has 0 saturated heterocycles. The molecule has 34 heavy (non-hydrogen) atoms. The molecule has 4 aromatic rings. The smallest absolute Gasteiger partial charge is 0.308 e. The maximum Gasteiger partial charge on any atom is 0.308 e. The highest BCUT2D eigenvalue weighted by Crippen LogP contribution is 2.58. The number of rotatable bonds is 1. The third kappa shape index (κ3) is 3.38. The van der Waals surface area contributed by atoms with Gasteiger partial charge in [-0.05, 0) is 42.3 Å². The van der Waals surface area contributed by atoms with Crippen molar-refractivity contribution in [3.05, 3.63) is 54.1 Å². The molecule has 176 valence electrons. The molecule has 0 fully saturated rings. The normalized spacial score (nSPS) is 14.6. The molecule has 0 aliphatic carbocycles. The summed E-state index contributed by atoms with van der Waals surface area (Å²) in [6.07, 6.45) is 0. The molecule has 0 amide bonds. The zero-order chi connectivity index (χ0) is 24.0. The molecule has 0 atom stereocenters. The molecule has 0 spiro atoms. The van der Waals surface area contributed by atoms with E-state index in [0.29, 0.717) is 13.2 Å². The van der Waals surface area contributed by atoms with Crippen LogP contribution < -0.4 is 19.3 Å². The SMILES string of the molecule is CC.Cc1ccccc1-c1c2ccc3c(c2[p+](O)c2c4c(ccc12)N(C)CCO4)OCCN3C. The van der Waals surface area contributed by atoms with E-state index >= 15 is 0 Å². The summed E-state index contributed by atoms with van der Waals surface area (Å²) in [6, 6.07) is 17.0. The fourth-order valence-corrected chi connectivity index (χ4v) is 6.84. The van der Waals surface area contributed by atoms with Crippen LogP contribution in [0.1, 0.15) is 19.4 Å². The molecule has 0 bridgehead atoms. The maximum atomic E-state index is 11.9. The molecule has 6 heteroatoms. The topological polar surface area (TPSA) is 45.2 Å². The first kappa shape index (κ1) is 22.8. The number of ether oxygens (including phenoxy) is 2. The lowest BCUT2D eigenvalue weighted by atomic mass is 9.94. The monoisotopic (exact) mass is 475 g/mol. The maximum absolute atomic E-state index is 11.9. The predicted molar refractivity (Wildman–Crippen MR) is 145 cm³/mol. The Hall–Kier alpha value is -3.01. The van der Waals surface area contributed by atoms with Crippen LogP contribution in [0.15, 0.2) is 48.5 Å². The van der Waals surface area contributed by atoms with Crippen molar-refractivity contribution >= 4 is 40.1 Å². The Bertz CT molecular complexity index is 1320. The van der Waals surface area contributed by atoms with Gasteiger partial charge in [-0.1, -0.05) is 38.1 Å². The Morgan fingerprint density at radius 2 is 1.26 bits per heavy atom. The number of nitrogens with zero attached hydrogens (tertiary/aromatic N) is 2. The van der Waals surface area contributed by atoms with E-state index < -0.39 is 7.76 Å². The van der Waals surface area contributed by atoms with Gasteiger partial charge in [0.15, 0.2) is 11.5 Å². The third-order valence-electron chi connectivity index (χ3n) is 6.77. The van der Waals surface area contributed by atoms with E-state index in [-0.39, 0.29) is 0 Å². The van der Waals surface area contributed by atoms with Gasteiger partial charge in [0.1, 0.15) is 13.2 Å². The molecule has 5 nitrogen and oxygen atoms in total. The van der Waals surface area contributed by atoms with Gasteiger partial charge >= 0.3 is 7.76 Å². The van der Waals surface area contributed by atoms with Crippen molar-refractivity contribution in [2.24, 2.45) is 0 Å². The quantitative estimate of drug-likeness (QED) is 0.311. The van der Waals surface area contributed by atoms with Crippen LogP contribution in [0.3, 0.4) is 0 Å². The summed E-state index contributed by atoms with van der Waals surface area (Å²) in [5.74, 6) is 1.62. The van der Waals surface area contributed by atoms with Crippen molar-refractivity contribution in [2.75, 3.05) is 50.2 Å². The Balaban J connectivity index is 0.00000117. The molecule has 1 N–H and O–H groups in total. The largest absolute Gasteiger partial charge is 0.485 e. The van der Waals surface area contributed by atoms with E-state index in [1.807, 2.05) is 13.8 Å². The van der Waals surface area contributed by atoms with E-state index in [1.54, 1.807) is 0 Å². The predicted octanol–water partition coefficient (Wildman–Crippen LogP) is 6.67. The minimum absolute atomic E-state index is 0.613. The number of fused-ring (bicyclic) bond motifs is 6. The van der Waals surface area contributed by atoms with E-state index in [0.717, 1.165) is 62.5 Å². The molecular formula is C28H32N2O3P+. The number of aryl methyl sites for hydroxylation is 1. The fraction of sp³-hybridized carbons (Fsp3) is 0.321. The second-order valence-electron chi connectivity index (χ2n) is 8.66. The lowest BCUT2D eigenvalue weighted by molar-refractivity contribution is 0.315. The van der Waals surface area contributed by atoms with Crippen LogP contribution in [-0.4, -0.2) is 45.3 Å². The summed E-state index contributed by atoms with van der Waals surface area (Å²) in [5, 5.41) is 3.91. The Labute approximate surface area is 202 Å². The standard InChI is InChI=1S/C26H26N2O3P.C2H6/c1-16-6-4-5-7-17(16)22-18-8-10-20-23(30-14-12-27(20)2)25(18)32(29)26-19(22)9-11-21-24(26)31-15-13-28(21)3;1-2/h4-11,29H,12-15H2,1-3H3;1-2H3/q+1;. The molecular weight excluding hydrogens is 443 g/mol. The van der Waals surface area contributed by atoms with Crippen molar-refractivity contribution in [1.29, 1.82) is 0 Å². The minimum Gasteiger partial charge on any atom is -0.485 e. The molecule has 3 aromatic carbocycles. The highest BCUT2D eigenvalue weighted by Gasteiger charge is 2.34. The second kappa shape index (κ2) is 8.98. The van der Waals surface area contributed by atoms with Crippen LogP contribution in [0.5, 0.6) is 11.5 Å². The molecule has 2 aliphatic rings. The van der Waals surface area contributed by atoms with Crippen LogP contribution in [0.4, 0.5) is 11.4 Å². The van der Waals surface area contributed by atoms with Gasteiger partial charge in [0, 0.05) is 30.4 Å². The first-order valence-electron chi connectivity index (χ1n) is 12.0. The van der Waals surface area contributed by atoms with E-state index in [9.17, 15) is 4.89 Å². The molecule has 0 unspecified atom stereocenters. The summed E-state index contributed by atoms with van der Waals surface area (Å²) < 4.78 is 12.4. The third-order valence-corrected chi connectivity index (χ3v) is 8.50. The lowest BCUT2D eigenvalue weighted by Crippen LogP contribution is -2.29. The van der Waals surface area contributed by atoms with Crippen LogP contribution in [0, 0.1) is 6.92 Å². The zero-order valence-electron chi connectivity index (χ0n) is 20.6. The van der Waals surface area contributed by atoms with Crippen molar-refractivity contribution < 1.29 is 14.4 Å². The summed E-state index contributed by atoms with van der Waals surface area (Å²) in [7, 11) is 2.52. The molecule has 3 heterocycles. The van der Waals surface area contributed by atoms with Gasteiger partial charge in [0.2, 0.25) is 10.2 Å². The average Bonchev–Trinajstić information content (AvgIpc) is 2.86. The van der Waals surface area contributed by atoms with Crippen molar-refractivity contribution in [3.63, 3.8) is 0 Å². The lowest BCUT2D eigenvalue weighted by Gasteiger charge is -2.29. The number of anilines is 2. The molecule has 6 rings (SSSR count). The van der Waals surface area contributed by atoms with Crippen molar-refractivity contribution in [1.82, 2.24) is 0 Å². The van der Waals surface area contributed by atoms with Gasteiger partial charge in [-0.25, -0.2) is 0 Å². The number of likely N-dealkylation sites (N-methyl/N-ethyl adjacent to an activating group) is 2. The Morgan fingerprint density at radius 3 is 1.76 bits per heavy atom. The first-order chi connectivity index (χ1) is 16.6. The van der Waals surface area contributed by atoms with Gasteiger partial charge in [0.05, 0.1) is 24.5 Å². The van der Waals surface area contributed by atoms with Gasteiger partial charge in [-0.3, -0.25) is 0 Å². The van der Waals surface area contributed by atoms with Gasteiger partial charge in [-0.2, -0.15) is 4.89 Å². The molecule has 2 aliphatic heterocycles. The molecule has 1 aromatic heterocycles. The number of hydrogen-bond acceptors (Lipinski definition) is 5. The Morgan fingerprint density at radius 1 is 0.765 bits per heavy atom. The number of benzene rings is 3. The summed E-state index contributed by atoms with van der Waals surface area (Å²) >= 11 is 0. The first-order valence-corrected chi connectivity index (χ1v) is 13.3. The molecule has 0 saturated carbocycles. The second-order valence-corrected chi connectivity index (χ2v) is 10.2.